The summed E-state index contributed by atoms with van der Waals surface area (Å²) in [7, 11) is 0. The lowest BCUT2D eigenvalue weighted by atomic mass is 10.1. The third-order valence-electron chi connectivity index (χ3n) is 2.79. The van der Waals surface area contributed by atoms with Gasteiger partial charge in [-0.1, -0.05) is 6.92 Å². The zero-order valence-corrected chi connectivity index (χ0v) is 10.1. The van der Waals surface area contributed by atoms with Crippen molar-refractivity contribution in [1.82, 2.24) is 5.32 Å². The molecule has 1 unspecified atom stereocenters. The molecule has 94 valence electrons. The fraction of sp³-hybridized carbons (Fsp3) is 0.538. The van der Waals surface area contributed by atoms with E-state index in [0.717, 1.165) is 18.0 Å². The largest absolute Gasteiger partial charge is 0.493 e. The summed E-state index contributed by atoms with van der Waals surface area (Å²) in [5.41, 5.74) is 1.20. The number of rotatable bonds is 6. The van der Waals surface area contributed by atoms with Crippen LogP contribution in [0, 0.1) is 0 Å². The van der Waals surface area contributed by atoms with Crippen LogP contribution in [0.3, 0.4) is 0 Å². The summed E-state index contributed by atoms with van der Waals surface area (Å²) in [6, 6.07) is 6.21. The average Bonchev–Trinajstić information content (AvgIpc) is 2.73. The topological polar surface area (TPSA) is 50.7 Å². The summed E-state index contributed by atoms with van der Waals surface area (Å²) in [6.07, 6.45) is 0.651. The Bertz CT molecular complexity index is 368. The minimum absolute atomic E-state index is 0.157. The van der Waals surface area contributed by atoms with Crippen LogP contribution in [-0.2, 0) is 0 Å². The lowest BCUT2D eigenvalue weighted by Crippen LogP contribution is -2.21. The molecule has 0 amide bonds. The number of nitrogens with one attached hydrogen (secondary N) is 1. The van der Waals surface area contributed by atoms with E-state index in [1.807, 2.05) is 18.2 Å². The van der Waals surface area contributed by atoms with Crippen LogP contribution in [0.15, 0.2) is 18.2 Å². The SMILES string of the molecule is CCNC1COc2cc(OCCCO)ccc21. The molecule has 2 N–H and O–H groups in total. The highest BCUT2D eigenvalue weighted by Crippen LogP contribution is 2.35. The molecular weight excluding hydrogens is 218 g/mol. The van der Waals surface area contributed by atoms with Crippen molar-refractivity contribution in [2.24, 2.45) is 0 Å². The molecule has 0 bridgehead atoms. The maximum absolute atomic E-state index is 8.68. The molecule has 1 aromatic rings. The number of fused-ring (bicyclic) bond motifs is 1. The summed E-state index contributed by atoms with van der Waals surface area (Å²) < 4.78 is 11.1. The molecular formula is C13H19NO3. The highest BCUT2D eigenvalue weighted by Gasteiger charge is 2.23. The van der Waals surface area contributed by atoms with Gasteiger partial charge in [0.25, 0.3) is 0 Å². The molecule has 0 aliphatic carbocycles. The molecule has 0 saturated heterocycles. The lowest BCUT2D eigenvalue weighted by Gasteiger charge is -2.09. The van der Waals surface area contributed by atoms with Gasteiger partial charge in [0.1, 0.15) is 18.1 Å². The number of aliphatic hydroxyl groups is 1. The fourth-order valence-corrected chi connectivity index (χ4v) is 1.95. The first-order valence-corrected chi connectivity index (χ1v) is 6.09. The van der Waals surface area contributed by atoms with E-state index in [4.69, 9.17) is 14.6 Å². The van der Waals surface area contributed by atoms with E-state index in [-0.39, 0.29) is 6.61 Å². The van der Waals surface area contributed by atoms with E-state index in [9.17, 15) is 0 Å². The molecule has 2 rings (SSSR count). The van der Waals surface area contributed by atoms with Gasteiger partial charge in [-0.05, 0) is 18.7 Å². The molecule has 1 heterocycles. The van der Waals surface area contributed by atoms with Crippen molar-refractivity contribution < 1.29 is 14.6 Å². The number of ether oxygens (including phenoxy) is 2. The van der Waals surface area contributed by atoms with Crippen molar-refractivity contribution in [2.75, 3.05) is 26.4 Å². The molecule has 17 heavy (non-hydrogen) atoms. The van der Waals surface area contributed by atoms with Crippen molar-refractivity contribution in [3.63, 3.8) is 0 Å². The van der Waals surface area contributed by atoms with Gasteiger partial charge >= 0.3 is 0 Å². The Balaban J connectivity index is 2.01. The van der Waals surface area contributed by atoms with E-state index in [2.05, 4.69) is 12.2 Å². The van der Waals surface area contributed by atoms with Gasteiger partial charge in [-0.25, -0.2) is 0 Å². The van der Waals surface area contributed by atoms with Gasteiger partial charge in [0, 0.05) is 24.7 Å². The Labute approximate surface area is 102 Å². The van der Waals surface area contributed by atoms with Crippen molar-refractivity contribution in [3.8, 4) is 11.5 Å². The number of likely N-dealkylation sites (N-methyl/N-ethyl adjacent to an activating group) is 1. The van der Waals surface area contributed by atoms with E-state index in [0.29, 0.717) is 25.7 Å². The van der Waals surface area contributed by atoms with Crippen LogP contribution < -0.4 is 14.8 Å². The first kappa shape index (κ1) is 12.2. The van der Waals surface area contributed by atoms with Crippen LogP contribution in [0.5, 0.6) is 11.5 Å². The summed E-state index contributed by atoms with van der Waals surface area (Å²) in [4.78, 5) is 0. The van der Waals surface area contributed by atoms with Gasteiger partial charge in [0.15, 0.2) is 0 Å². The van der Waals surface area contributed by atoms with Crippen LogP contribution in [0.1, 0.15) is 24.9 Å². The Morgan fingerprint density at radius 2 is 2.41 bits per heavy atom. The lowest BCUT2D eigenvalue weighted by molar-refractivity contribution is 0.233. The molecule has 0 aromatic heterocycles. The maximum Gasteiger partial charge on any atom is 0.127 e. The van der Waals surface area contributed by atoms with E-state index < -0.39 is 0 Å². The molecule has 0 radical (unpaired) electrons. The molecule has 0 fully saturated rings. The molecule has 4 nitrogen and oxygen atoms in total. The number of hydrogen-bond acceptors (Lipinski definition) is 4. The van der Waals surface area contributed by atoms with Gasteiger partial charge in [-0.3, -0.25) is 0 Å². The van der Waals surface area contributed by atoms with Crippen molar-refractivity contribution in [1.29, 1.82) is 0 Å². The van der Waals surface area contributed by atoms with Crippen molar-refractivity contribution >= 4 is 0 Å². The summed E-state index contributed by atoms with van der Waals surface area (Å²) in [5, 5.41) is 12.1. The zero-order chi connectivity index (χ0) is 12.1. The second kappa shape index (κ2) is 5.89. The Kier molecular flexibility index (Phi) is 4.23. The number of hydrogen-bond donors (Lipinski definition) is 2. The zero-order valence-electron chi connectivity index (χ0n) is 10.1. The first-order valence-electron chi connectivity index (χ1n) is 6.09. The van der Waals surface area contributed by atoms with Gasteiger partial charge < -0.3 is 19.9 Å². The molecule has 4 heteroatoms. The molecule has 1 atom stereocenters. The van der Waals surface area contributed by atoms with Gasteiger partial charge in [0.05, 0.1) is 12.6 Å². The monoisotopic (exact) mass is 237 g/mol. The Morgan fingerprint density at radius 3 is 3.18 bits per heavy atom. The van der Waals surface area contributed by atoms with Crippen LogP contribution in [0.4, 0.5) is 0 Å². The van der Waals surface area contributed by atoms with Crippen LogP contribution in [-0.4, -0.2) is 31.5 Å². The van der Waals surface area contributed by atoms with Crippen LogP contribution >= 0.6 is 0 Å². The Hall–Kier alpha value is -1.26. The van der Waals surface area contributed by atoms with Crippen LogP contribution in [0.2, 0.25) is 0 Å². The predicted octanol–water partition coefficient (Wildman–Crippen LogP) is 1.49. The third-order valence-corrected chi connectivity index (χ3v) is 2.79. The quantitative estimate of drug-likeness (QED) is 0.736. The van der Waals surface area contributed by atoms with Crippen molar-refractivity contribution in [2.45, 2.75) is 19.4 Å². The predicted molar refractivity (Wildman–Crippen MR) is 65.6 cm³/mol. The van der Waals surface area contributed by atoms with E-state index in [1.54, 1.807) is 0 Å². The average molecular weight is 237 g/mol. The van der Waals surface area contributed by atoms with E-state index in [1.165, 1.54) is 5.56 Å². The molecule has 1 aliphatic rings. The second-order valence-electron chi connectivity index (χ2n) is 4.05. The van der Waals surface area contributed by atoms with E-state index >= 15 is 0 Å². The fourth-order valence-electron chi connectivity index (χ4n) is 1.95. The normalized spacial score (nSPS) is 17.6. The summed E-state index contributed by atoms with van der Waals surface area (Å²) in [5.74, 6) is 1.70. The molecule has 0 spiro atoms. The standard InChI is InChI=1S/C13H19NO3/c1-2-14-12-9-17-13-8-10(4-5-11(12)13)16-7-3-6-15/h4-5,8,12,14-15H,2-3,6-7,9H2,1H3. The smallest absolute Gasteiger partial charge is 0.127 e. The Morgan fingerprint density at radius 1 is 1.53 bits per heavy atom. The number of aliphatic hydroxyl groups excluding tert-OH is 1. The second-order valence-corrected chi connectivity index (χ2v) is 4.05. The summed E-state index contributed by atoms with van der Waals surface area (Å²) >= 11 is 0. The minimum Gasteiger partial charge on any atom is -0.493 e. The first-order chi connectivity index (χ1) is 8.35. The van der Waals surface area contributed by atoms with Gasteiger partial charge in [-0.2, -0.15) is 0 Å². The van der Waals surface area contributed by atoms with Gasteiger partial charge in [0.2, 0.25) is 0 Å². The summed E-state index contributed by atoms with van der Waals surface area (Å²) in [6.45, 7) is 4.39. The van der Waals surface area contributed by atoms with Gasteiger partial charge in [-0.15, -0.1) is 0 Å². The third kappa shape index (κ3) is 2.90. The molecule has 0 saturated carbocycles. The van der Waals surface area contributed by atoms with Crippen LogP contribution in [0.25, 0.3) is 0 Å². The minimum atomic E-state index is 0.157. The molecule has 1 aliphatic heterocycles. The highest BCUT2D eigenvalue weighted by atomic mass is 16.5. The maximum atomic E-state index is 8.68. The molecule has 1 aromatic carbocycles. The number of benzene rings is 1. The highest BCUT2D eigenvalue weighted by molar-refractivity contribution is 5.45. The van der Waals surface area contributed by atoms with Crippen molar-refractivity contribution in [3.05, 3.63) is 23.8 Å².